The smallest absolute Gasteiger partial charge is 0.103 e. The molecule has 4 nitrogen and oxygen atoms in total. The summed E-state index contributed by atoms with van der Waals surface area (Å²) < 4.78 is 0. The molecule has 1 saturated heterocycles. The number of pyridine rings is 1. The van der Waals surface area contributed by atoms with Gasteiger partial charge in [0, 0.05) is 50.7 Å². The monoisotopic (exact) mass is 290 g/mol. The Hall–Kier alpha value is -2.56. The highest BCUT2D eigenvalue weighted by molar-refractivity contribution is 5.94. The summed E-state index contributed by atoms with van der Waals surface area (Å²) in [5.41, 5.74) is 2.60. The molecule has 1 aromatic carbocycles. The van der Waals surface area contributed by atoms with E-state index in [1.807, 2.05) is 24.3 Å². The largest absolute Gasteiger partial charge is 0.367 e. The number of rotatable bonds is 3. The third-order valence-corrected chi connectivity index (χ3v) is 4.13. The quantitative estimate of drug-likeness (QED) is 0.813. The van der Waals surface area contributed by atoms with Gasteiger partial charge in [0.1, 0.15) is 6.07 Å². The highest BCUT2D eigenvalue weighted by atomic mass is 15.3. The normalized spacial score (nSPS) is 15.5. The molecule has 2 aromatic rings. The van der Waals surface area contributed by atoms with E-state index in [0.717, 1.165) is 55.7 Å². The van der Waals surface area contributed by atoms with E-state index >= 15 is 0 Å². The maximum absolute atomic E-state index is 9.43. The molecular formula is C18H18N4. The lowest BCUT2D eigenvalue weighted by atomic mass is 10.1. The van der Waals surface area contributed by atoms with Crippen LogP contribution in [0.2, 0.25) is 0 Å². The number of fused-ring (bicyclic) bond motifs is 1. The van der Waals surface area contributed by atoms with Gasteiger partial charge in [-0.2, -0.15) is 5.26 Å². The molecule has 2 heterocycles. The van der Waals surface area contributed by atoms with Crippen LogP contribution in [0.15, 0.2) is 30.5 Å². The SMILES string of the molecule is C#CCCN1CCN(c2c(C#N)cnc3ccccc23)CC1. The Morgan fingerprint density at radius 3 is 2.68 bits per heavy atom. The van der Waals surface area contributed by atoms with Crippen LogP contribution >= 0.6 is 0 Å². The van der Waals surface area contributed by atoms with E-state index in [-0.39, 0.29) is 0 Å². The van der Waals surface area contributed by atoms with Gasteiger partial charge in [0.2, 0.25) is 0 Å². The van der Waals surface area contributed by atoms with Gasteiger partial charge in [0.15, 0.2) is 0 Å². The van der Waals surface area contributed by atoms with E-state index in [2.05, 4.69) is 26.8 Å². The zero-order valence-corrected chi connectivity index (χ0v) is 12.5. The fraction of sp³-hybridized carbons (Fsp3) is 0.333. The van der Waals surface area contributed by atoms with Crippen LogP contribution < -0.4 is 4.90 Å². The number of anilines is 1. The summed E-state index contributed by atoms with van der Waals surface area (Å²) in [5, 5.41) is 10.5. The van der Waals surface area contributed by atoms with Gasteiger partial charge >= 0.3 is 0 Å². The van der Waals surface area contributed by atoms with Crippen LogP contribution in [-0.2, 0) is 0 Å². The van der Waals surface area contributed by atoms with Gasteiger partial charge in [-0.1, -0.05) is 18.2 Å². The first kappa shape index (κ1) is 14.4. The van der Waals surface area contributed by atoms with Crippen molar-refractivity contribution >= 4 is 16.6 Å². The van der Waals surface area contributed by atoms with Crippen molar-refractivity contribution in [2.45, 2.75) is 6.42 Å². The van der Waals surface area contributed by atoms with E-state index in [0.29, 0.717) is 5.56 Å². The van der Waals surface area contributed by atoms with Crippen molar-refractivity contribution in [1.29, 1.82) is 5.26 Å². The van der Waals surface area contributed by atoms with Gasteiger partial charge in [-0.3, -0.25) is 9.88 Å². The molecule has 0 aliphatic carbocycles. The number of hydrogen-bond donors (Lipinski definition) is 0. The first-order chi connectivity index (χ1) is 10.8. The highest BCUT2D eigenvalue weighted by Crippen LogP contribution is 2.29. The van der Waals surface area contributed by atoms with E-state index in [4.69, 9.17) is 6.42 Å². The number of nitrogens with zero attached hydrogens (tertiary/aromatic N) is 4. The average Bonchev–Trinajstić information content (AvgIpc) is 2.59. The summed E-state index contributed by atoms with van der Waals surface area (Å²) in [6.45, 7) is 4.72. The van der Waals surface area contributed by atoms with Crippen molar-refractivity contribution in [3.63, 3.8) is 0 Å². The van der Waals surface area contributed by atoms with Crippen LogP contribution in [-0.4, -0.2) is 42.6 Å². The van der Waals surface area contributed by atoms with Crippen LogP contribution in [0.25, 0.3) is 10.9 Å². The van der Waals surface area contributed by atoms with E-state index in [1.54, 1.807) is 6.20 Å². The number of hydrogen-bond acceptors (Lipinski definition) is 4. The van der Waals surface area contributed by atoms with Crippen LogP contribution in [0.1, 0.15) is 12.0 Å². The van der Waals surface area contributed by atoms with Crippen LogP contribution in [0.3, 0.4) is 0 Å². The van der Waals surface area contributed by atoms with Crippen LogP contribution in [0.5, 0.6) is 0 Å². The Balaban J connectivity index is 1.88. The summed E-state index contributed by atoms with van der Waals surface area (Å²) in [6.07, 6.45) is 7.81. The van der Waals surface area contributed by atoms with Gasteiger partial charge in [-0.15, -0.1) is 12.3 Å². The Kier molecular flexibility index (Phi) is 4.23. The third-order valence-electron chi connectivity index (χ3n) is 4.13. The Labute approximate surface area is 131 Å². The lowest BCUT2D eigenvalue weighted by Gasteiger charge is -2.36. The molecule has 1 aliphatic rings. The molecule has 3 rings (SSSR count). The molecule has 110 valence electrons. The maximum Gasteiger partial charge on any atom is 0.103 e. The minimum Gasteiger partial charge on any atom is -0.367 e. The number of nitriles is 1. The highest BCUT2D eigenvalue weighted by Gasteiger charge is 2.21. The second-order valence-corrected chi connectivity index (χ2v) is 5.43. The predicted octanol–water partition coefficient (Wildman–Crippen LogP) is 2.25. The summed E-state index contributed by atoms with van der Waals surface area (Å²) in [7, 11) is 0. The second-order valence-electron chi connectivity index (χ2n) is 5.43. The molecule has 1 aromatic heterocycles. The fourth-order valence-electron chi connectivity index (χ4n) is 2.97. The predicted molar refractivity (Wildman–Crippen MR) is 88.6 cm³/mol. The van der Waals surface area contributed by atoms with Crippen molar-refractivity contribution in [3.05, 3.63) is 36.0 Å². The lowest BCUT2D eigenvalue weighted by Crippen LogP contribution is -2.46. The third kappa shape index (κ3) is 2.74. The van der Waals surface area contributed by atoms with E-state index in [9.17, 15) is 5.26 Å². The van der Waals surface area contributed by atoms with Crippen molar-refractivity contribution in [2.24, 2.45) is 0 Å². The summed E-state index contributed by atoms with van der Waals surface area (Å²) in [6, 6.07) is 10.3. The number of terminal acetylenes is 1. The minimum absolute atomic E-state index is 0.649. The van der Waals surface area contributed by atoms with Crippen molar-refractivity contribution in [1.82, 2.24) is 9.88 Å². The van der Waals surface area contributed by atoms with Gasteiger partial charge < -0.3 is 4.90 Å². The number of para-hydroxylation sites is 1. The molecule has 0 spiro atoms. The van der Waals surface area contributed by atoms with Crippen molar-refractivity contribution in [3.8, 4) is 18.4 Å². The Bertz CT molecular complexity index is 746. The average molecular weight is 290 g/mol. The molecule has 0 radical (unpaired) electrons. The van der Waals surface area contributed by atoms with Crippen molar-refractivity contribution < 1.29 is 0 Å². The molecule has 4 heteroatoms. The molecule has 1 fully saturated rings. The van der Waals surface area contributed by atoms with E-state index < -0.39 is 0 Å². The topological polar surface area (TPSA) is 43.2 Å². The van der Waals surface area contributed by atoms with Crippen molar-refractivity contribution in [2.75, 3.05) is 37.6 Å². The first-order valence-electron chi connectivity index (χ1n) is 7.52. The maximum atomic E-state index is 9.43. The molecule has 0 saturated carbocycles. The number of piperazine rings is 1. The van der Waals surface area contributed by atoms with Crippen LogP contribution in [0, 0.1) is 23.7 Å². The summed E-state index contributed by atoms with van der Waals surface area (Å²) in [5.74, 6) is 2.69. The fourth-order valence-corrected chi connectivity index (χ4v) is 2.97. The lowest BCUT2D eigenvalue weighted by molar-refractivity contribution is 0.264. The molecule has 0 unspecified atom stereocenters. The summed E-state index contributed by atoms with van der Waals surface area (Å²) >= 11 is 0. The number of benzene rings is 1. The Morgan fingerprint density at radius 2 is 1.95 bits per heavy atom. The summed E-state index contributed by atoms with van der Waals surface area (Å²) in [4.78, 5) is 9.06. The second kappa shape index (κ2) is 6.47. The molecular weight excluding hydrogens is 272 g/mol. The van der Waals surface area contributed by atoms with Gasteiger partial charge in [0.05, 0.1) is 16.8 Å². The molecule has 22 heavy (non-hydrogen) atoms. The molecule has 0 N–H and O–H groups in total. The zero-order valence-electron chi connectivity index (χ0n) is 12.5. The van der Waals surface area contributed by atoms with E-state index in [1.165, 1.54) is 0 Å². The first-order valence-corrected chi connectivity index (χ1v) is 7.52. The van der Waals surface area contributed by atoms with Gasteiger partial charge in [-0.05, 0) is 6.07 Å². The zero-order chi connectivity index (χ0) is 15.4. The number of aromatic nitrogens is 1. The van der Waals surface area contributed by atoms with Gasteiger partial charge in [-0.25, -0.2) is 0 Å². The Morgan fingerprint density at radius 1 is 1.18 bits per heavy atom. The molecule has 1 aliphatic heterocycles. The minimum atomic E-state index is 0.649. The standard InChI is InChI=1S/C18H18N4/c1-2-3-8-21-9-11-22(12-10-21)18-15(13-19)14-20-17-7-5-4-6-16(17)18/h1,4-7,14H,3,8-12H2. The van der Waals surface area contributed by atoms with Crippen LogP contribution in [0.4, 0.5) is 5.69 Å². The van der Waals surface area contributed by atoms with Gasteiger partial charge in [0.25, 0.3) is 0 Å². The molecule has 0 amide bonds. The molecule has 0 bridgehead atoms. The molecule has 0 atom stereocenters.